The van der Waals surface area contributed by atoms with E-state index in [9.17, 15) is 4.79 Å². The summed E-state index contributed by atoms with van der Waals surface area (Å²) in [4.78, 5) is 22.3. The number of hydrogen-bond acceptors (Lipinski definition) is 5. The zero-order valence-electron chi connectivity index (χ0n) is 14.2. The Bertz CT molecular complexity index is 856. The minimum absolute atomic E-state index is 0.218. The second-order valence-electron chi connectivity index (χ2n) is 6.25. The van der Waals surface area contributed by atoms with Crippen molar-refractivity contribution >= 4 is 6.09 Å². The minimum Gasteiger partial charge on any atom is -0.440 e. The number of hydrogen-bond donors (Lipinski definition) is 0. The van der Waals surface area contributed by atoms with Crippen molar-refractivity contribution in [3.05, 3.63) is 66.9 Å². The van der Waals surface area contributed by atoms with Crippen LogP contribution in [0.15, 0.2) is 65.5 Å². The predicted octanol–water partition coefficient (Wildman–Crippen LogP) is 4.12. The summed E-state index contributed by atoms with van der Waals surface area (Å²) in [6.07, 6.45) is 6.21. The van der Waals surface area contributed by atoms with E-state index in [1.54, 1.807) is 29.4 Å². The van der Waals surface area contributed by atoms with Gasteiger partial charge in [0, 0.05) is 30.8 Å². The molecule has 0 unspecified atom stereocenters. The lowest BCUT2D eigenvalue weighted by molar-refractivity contribution is 0.136. The zero-order chi connectivity index (χ0) is 17.8. The molecule has 0 radical (unpaired) electrons. The Hall–Kier alpha value is -3.15. The number of benzene rings is 1. The number of aromatic nitrogens is 2. The largest absolute Gasteiger partial charge is 0.440 e. The van der Waals surface area contributed by atoms with Gasteiger partial charge in [-0.15, -0.1) is 0 Å². The summed E-state index contributed by atoms with van der Waals surface area (Å²) in [6, 6.07) is 13.4. The van der Waals surface area contributed by atoms with Crippen LogP contribution in [0.2, 0.25) is 0 Å². The molecule has 3 heterocycles. The summed E-state index contributed by atoms with van der Waals surface area (Å²) >= 11 is 0. The first-order valence-electron chi connectivity index (χ1n) is 8.67. The quantitative estimate of drug-likeness (QED) is 0.711. The van der Waals surface area contributed by atoms with E-state index < -0.39 is 0 Å². The van der Waals surface area contributed by atoms with Crippen LogP contribution in [0.1, 0.15) is 24.7 Å². The van der Waals surface area contributed by atoms with Crippen molar-refractivity contribution < 1.29 is 13.9 Å². The first-order chi connectivity index (χ1) is 12.8. The highest BCUT2D eigenvalue weighted by molar-refractivity contribution is 5.70. The van der Waals surface area contributed by atoms with Crippen LogP contribution in [0.25, 0.3) is 11.3 Å². The number of likely N-dealkylation sites (tertiary alicyclic amines) is 1. The number of nitrogens with zero attached hydrogens (tertiary/aromatic N) is 3. The second kappa shape index (κ2) is 7.39. The Balaban J connectivity index is 1.35. The standard InChI is InChI=1S/C20H19N3O3/c24-20(25-17-7-4-10-21-13-17)23-11-8-16(9-12-23)19-22-14-18(26-19)15-5-2-1-3-6-15/h1-7,10,13-14,16H,8-9,11-12H2. The smallest absolute Gasteiger partial charge is 0.415 e. The molecule has 1 fully saturated rings. The van der Waals surface area contributed by atoms with E-state index in [-0.39, 0.29) is 12.0 Å². The van der Waals surface area contributed by atoms with Crippen LogP contribution >= 0.6 is 0 Å². The van der Waals surface area contributed by atoms with Crippen molar-refractivity contribution in [3.8, 4) is 17.1 Å². The van der Waals surface area contributed by atoms with Crippen molar-refractivity contribution in [2.24, 2.45) is 0 Å². The van der Waals surface area contributed by atoms with Gasteiger partial charge in [-0.05, 0) is 25.0 Å². The molecule has 2 aromatic heterocycles. The van der Waals surface area contributed by atoms with Crippen LogP contribution < -0.4 is 4.74 Å². The third kappa shape index (κ3) is 3.59. The molecule has 0 saturated carbocycles. The fraction of sp³-hybridized carbons (Fsp3) is 0.250. The molecule has 6 nitrogen and oxygen atoms in total. The highest BCUT2D eigenvalue weighted by atomic mass is 16.6. The van der Waals surface area contributed by atoms with Gasteiger partial charge in [0.25, 0.3) is 0 Å². The van der Waals surface area contributed by atoms with Crippen molar-refractivity contribution in [1.82, 2.24) is 14.9 Å². The second-order valence-corrected chi connectivity index (χ2v) is 6.25. The van der Waals surface area contributed by atoms with Gasteiger partial charge in [-0.2, -0.15) is 0 Å². The van der Waals surface area contributed by atoms with Crippen molar-refractivity contribution in [2.45, 2.75) is 18.8 Å². The van der Waals surface area contributed by atoms with Gasteiger partial charge in [0.2, 0.25) is 0 Å². The summed E-state index contributed by atoms with van der Waals surface area (Å²) in [5.74, 6) is 2.19. The molecule has 0 N–H and O–H groups in total. The maximum absolute atomic E-state index is 12.2. The van der Waals surface area contributed by atoms with E-state index in [1.165, 1.54) is 6.20 Å². The fourth-order valence-corrected chi connectivity index (χ4v) is 3.09. The molecule has 1 saturated heterocycles. The average Bonchev–Trinajstić information content (AvgIpc) is 3.20. The first-order valence-corrected chi connectivity index (χ1v) is 8.67. The molecule has 1 amide bonds. The zero-order valence-corrected chi connectivity index (χ0v) is 14.2. The molecular formula is C20H19N3O3. The number of carbonyl (C=O) groups excluding carboxylic acids is 1. The van der Waals surface area contributed by atoms with Crippen LogP contribution in [0, 0.1) is 0 Å². The first kappa shape index (κ1) is 16.3. The van der Waals surface area contributed by atoms with E-state index >= 15 is 0 Å². The van der Waals surface area contributed by atoms with Crippen molar-refractivity contribution in [1.29, 1.82) is 0 Å². The van der Waals surface area contributed by atoms with Crippen LogP contribution in [0.4, 0.5) is 4.79 Å². The molecule has 4 rings (SSSR count). The lowest BCUT2D eigenvalue weighted by Crippen LogP contribution is -2.39. The van der Waals surface area contributed by atoms with E-state index in [2.05, 4.69) is 9.97 Å². The molecular weight excluding hydrogens is 330 g/mol. The molecule has 132 valence electrons. The molecule has 3 aromatic rings. The average molecular weight is 349 g/mol. The number of piperidine rings is 1. The molecule has 1 aliphatic heterocycles. The number of oxazole rings is 1. The Morgan fingerprint density at radius 2 is 1.88 bits per heavy atom. The van der Waals surface area contributed by atoms with Crippen LogP contribution in [-0.4, -0.2) is 34.1 Å². The Morgan fingerprint density at radius 3 is 2.62 bits per heavy atom. The molecule has 1 aliphatic rings. The van der Waals surface area contributed by atoms with Gasteiger partial charge < -0.3 is 14.1 Å². The van der Waals surface area contributed by atoms with Gasteiger partial charge in [0.05, 0.1) is 12.4 Å². The Kier molecular flexibility index (Phi) is 4.64. The molecule has 1 aromatic carbocycles. The fourth-order valence-electron chi connectivity index (χ4n) is 3.09. The molecule has 0 atom stereocenters. The monoisotopic (exact) mass is 349 g/mol. The van der Waals surface area contributed by atoms with E-state index in [1.807, 2.05) is 30.3 Å². The molecule has 26 heavy (non-hydrogen) atoms. The third-order valence-corrected chi connectivity index (χ3v) is 4.52. The summed E-state index contributed by atoms with van der Waals surface area (Å²) in [7, 11) is 0. The predicted molar refractivity (Wildman–Crippen MR) is 95.7 cm³/mol. The maximum atomic E-state index is 12.2. The Labute approximate surface area is 151 Å². The molecule has 0 spiro atoms. The summed E-state index contributed by atoms with van der Waals surface area (Å²) in [5.41, 5.74) is 1.02. The minimum atomic E-state index is -0.339. The Morgan fingerprint density at radius 1 is 1.08 bits per heavy atom. The molecule has 0 bridgehead atoms. The van der Waals surface area contributed by atoms with Gasteiger partial charge in [-0.1, -0.05) is 30.3 Å². The van der Waals surface area contributed by atoms with Crippen molar-refractivity contribution in [2.75, 3.05) is 13.1 Å². The number of ether oxygens (including phenoxy) is 1. The number of pyridine rings is 1. The van der Waals surface area contributed by atoms with Crippen molar-refractivity contribution in [3.63, 3.8) is 0 Å². The summed E-state index contributed by atoms with van der Waals surface area (Å²) in [5, 5.41) is 0. The van der Waals surface area contributed by atoms with Crippen LogP contribution in [0.3, 0.4) is 0 Å². The van der Waals surface area contributed by atoms with Gasteiger partial charge in [-0.25, -0.2) is 9.78 Å². The van der Waals surface area contributed by atoms with Crippen LogP contribution in [-0.2, 0) is 0 Å². The lowest BCUT2D eigenvalue weighted by Gasteiger charge is -2.29. The van der Waals surface area contributed by atoms with E-state index in [4.69, 9.17) is 9.15 Å². The topological polar surface area (TPSA) is 68.5 Å². The van der Waals surface area contributed by atoms with Gasteiger partial charge in [0.1, 0.15) is 0 Å². The highest BCUT2D eigenvalue weighted by Gasteiger charge is 2.28. The maximum Gasteiger partial charge on any atom is 0.415 e. The summed E-state index contributed by atoms with van der Waals surface area (Å²) in [6.45, 7) is 1.24. The van der Waals surface area contributed by atoms with Crippen LogP contribution in [0.5, 0.6) is 5.75 Å². The van der Waals surface area contributed by atoms with Gasteiger partial charge >= 0.3 is 6.09 Å². The lowest BCUT2D eigenvalue weighted by atomic mass is 9.97. The number of amides is 1. The van der Waals surface area contributed by atoms with Gasteiger partial charge in [0.15, 0.2) is 17.4 Å². The van der Waals surface area contributed by atoms with E-state index in [0.29, 0.717) is 18.8 Å². The molecule has 0 aliphatic carbocycles. The van der Waals surface area contributed by atoms with Gasteiger partial charge in [-0.3, -0.25) is 4.98 Å². The normalized spacial score (nSPS) is 15.0. The molecule has 6 heteroatoms. The highest BCUT2D eigenvalue weighted by Crippen LogP contribution is 2.30. The number of rotatable bonds is 3. The summed E-state index contributed by atoms with van der Waals surface area (Å²) < 4.78 is 11.3. The SMILES string of the molecule is O=C(Oc1cccnc1)N1CCC(c2ncc(-c3ccccc3)o2)CC1. The van der Waals surface area contributed by atoms with E-state index in [0.717, 1.165) is 30.1 Å². The number of carbonyl (C=O) groups is 1. The third-order valence-electron chi connectivity index (χ3n) is 4.52.